The molecule has 1 amide bonds. The SMILES string of the molecule is O=C1CCCN1c1ccc(CNS(=O)(=O)c2ccc3c(c2)CCC3)cc1. The average Bonchev–Trinajstić information content (AvgIpc) is 3.28. The summed E-state index contributed by atoms with van der Waals surface area (Å²) in [4.78, 5) is 13.9. The molecule has 0 aromatic heterocycles. The Morgan fingerprint density at radius 1 is 0.923 bits per heavy atom. The highest BCUT2D eigenvalue weighted by atomic mass is 32.2. The minimum atomic E-state index is -3.53. The van der Waals surface area contributed by atoms with Gasteiger partial charge in [0.2, 0.25) is 15.9 Å². The van der Waals surface area contributed by atoms with E-state index in [-0.39, 0.29) is 12.5 Å². The Labute approximate surface area is 154 Å². The van der Waals surface area contributed by atoms with Gasteiger partial charge in [-0.05, 0) is 66.6 Å². The van der Waals surface area contributed by atoms with Crippen LogP contribution >= 0.6 is 0 Å². The highest BCUT2D eigenvalue weighted by Crippen LogP contribution is 2.25. The van der Waals surface area contributed by atoms with E-state index in [1.54, 1.807) is 17.0 Å². The Morgan fingerprint density at radius 2 is 1.69 bits per heavy atom. The van der Waals surface area contributed by atoms with Crippen molar-refractivity contribution >= 4 is 21.6 Å². The fourth-order valence-electron chi connectivity index (χ4n) is 3.69. The summed E-state index contributed by atoms with van der Waals surface area (Å²) in [5.41, 5.74) is 4.14. The van der Waals surface area contributed by atoms with Crippen LogP contribution in [0.4, 0.5) is 5.69 Å². The summed E-state index contributed by atoms with van der Waals surface area (Å²) in [6, 6.07) is 12.9. The van der Waals surface area contributed by atoms with Crippen molar-refractivity contribution in [2.75, 3.05) is 11.4 Å². The van der Waals surface area contributed by atoms with E-state index in [0.717, 1.165) is 49.0 Å². The van der Waals surface area contributed by atoms with Gasteiger partial charge >= 0.3 is 0 Å². The molecule has 0 atom stereocenters. The molecule has 1 aliphatic carbocycles. The van der Waals surface area contributed by atoms with Gasteiger partial charge in [-0.15, -0.1) is 0 Å². The van der Waals surface area contributed by atoms with Crippen LogP contribution in [0, 0.1) is 0 Å². The Hall–Kier alpha value is -2.18. The lowest BCUT2D eigenvalue weighted by atomic mass is 10.1. The number of hydrogen-bond acceptors (Lipinski definition) is 3. The van der Waals surface area contributed by atoms with Crippen molar-refractivity contribution in [1.82, 2.24) is 4.72 Å². The number of nitrogens with one attached hydrogen (secondary N) is 1. The molecule has 4 rings (SSSR count). The monoisotopic (exact) mass is 370 g/mol. The van der Waals surface area contributed by atoms with Crippen LogP contribution in [0.3, 0.4) is 0 Å². The molecule has 0 unspecified atom stereocenters. The summed E-state index contributed by atoms with van der Waals surface area (Å²) in [7, 11) is -3.53. The fourth-order valence-corrected chi connectivity index (χ4v) is 4.76. The number of aryl methyl sites for hydroxylation is 2. The topological polar surface area (TPSA) is 66.5 Å². The van der Waals surface area contributed by atoms with Gasteiger partial charge in [0, 0.05) is 25.2 Å². The minimum Gasteiger partial charge on any atom is -0.312 e. The number of benzene rings is 2. The predicted molar refractivity (Wildman–Crippen MR) is 101 cm³/mol. The first-order valence-corrected chi connectivity index (χ1v) is 10.5. The van der Waals surface area contributed by atoms with Crippen molar-refractivity contribution in [3.8, 4) is 0 Å². The van der Waals surface area contributed by atoms with Crippen molar-refractivity contribution in [3.63, 3.8) is 0 Å². The van der Waals surface area contributed by atoms with Crippen LogP contribution in [-0.4, -0.2) is 20.9 Å². The van der Waals surface area contributed by atoms with Gasteiger partial charge in [-0.3, -0.25) is 4.79 Å². The van der Waals surface area contributed by atoms with Crippen molar-refractivity contribution in [3.05, 3.63) is 59.2 Å². The third-order valence-electron chi connectivity index (χ3n) is 5.17. The second-order valence-electron chi connectivity index (χ2n) is 6.92. The van der Waals surface area contributed by atoms with E-state index in [4.69, 9.17) is 0 Å². The first-order chi connectivity index (χ1) is 12.5. The summed E-state index contributed by atoms with van der Waals surface area (Å²) < 4.78 is 27.8. The molecule has 0 bridgehead atoms. The van der Waals surface area contributed by atoms with E-state index in [1.165, 1.54) is 5.56 Å². The zero-order valence-electron chi connectivity index (χ0n) is 14.6. The van der Waals surface area contributed by atoms with Gasteiger partial charge in [0.15, 0.2) is 0 Å². The van der Waals surface area contributed by atoms with Gasteiger partial charge < -0.3 is 4.90 Å². The third kappa shape index (κ3) is 3.39. The van der Waals surface area contributed by atoms with E-state index >= 15 is 0 Å². The summed E-state index contributed by atoms with van der Waals surface area (Å²) >= 11 is 0. The highest BCUT2D eigenvalue weighted by Gasteiger charge is 2.22. The molecule has 6 heteroatoms. The molecule has 0 saturated carbocycles. The number of fused-ring (bicyclic) bond motifs is 1. The maximum Gasteiger partial charge on any atom is 0.240 e. The first-order valence-electron chi connectivity index (χ1n) is 9.04. The standard InChI is InChI=1S/C20H22N2O3S/c23-20-5-2-12-22(20)18-9-6-15(7-10-18)14-21-26(24,25)19-11-8-16-3-1-4-17(16)13-19/h6-11,13,21H,1-5,12,14H2. The maximum absolute atomic E-state index is 12.6. The van der Waals surface area contributed by atoms with Gasteiger partial charge in [-0.2, -0.15) is 0 Å². The molecule has 2 aromatic carbocycles. The smallest absolute Gasteiger partial charge is 0.240 e. The molecule has 5 nitrogen and oxygen atoms in total. The fraction of sp³-hybridized carbons (Fsp3) is 0.350. The third-order valence-corrected chi connectivity index (χ3v) is 6.57. The lowest BCUT2D eigenvalue weighted by Crippen LogP contribution is -2.24. The van der Waals surface area contributed by atoms with E-state index in [0.29, 0.717) is 11.3 Å². The van der Waals surface area contributed by atoms with Crippen LogP contribution in [0.25, 0.3) is 0 Å². The number of sulfonamides is 1. The van der Waals surface area contributed by atoms with Gasteiger partial charge in [0.25, 0.3) is 0 Å². The number of carbonyl (C=O) groups excluding carboxylic acids is 1. The average molecular weight is 370 g/mol. The van der Waals surface area contributed by atoms with E-state index < -0.39 is 10.0 Å². The minimum absolute atomic E-state index is 0.148. The Balaban J connectivity index is 1.44. The zero-order chi connectivity index (χ0) is 18.1. The lowest BCUT2D eigenvalue weighted by molar-refractivity contribution is -0.117. The van der Waals surface area contributed by atoms with Crippen molar-refractivity contribution in [2.45, 2.75) is 43.5 Å². The summed E-state index contributed by atoms with van der Waals surface area (Å²) in [5, 5.41) is 0. The van der Waals surface area contributed by atoms with Gasteiger partial charge in [0.1, 0.15) is 0 Å². The molecule has 1 heterocycles. The molecule has 0 radical (unpaired) electrons. The van der Waals surface area contributed by atoms with E-state index in [1.807, 2.05) is 30.3 Å². The van der Waals surface area contributed by atoms with Crippen LogP contribution in [0.1, 0.15) is 36.0 Å². The molecular formula is C20H22N2O3S. The Morgan fingerprint density at radius 3 is 2.42 bits per heavy atom. The van der Waals surface area contributed by atoms with Gasteiger partial charge in [-0.1, -0.05) is 18.2 Å². The molecular weight excluding hydrogens is 348 g/mol. The largest absolute Gasteiger partial charge is 0.312 e. The molecule has 1 saturated heterocycles. The van der Waals surface area contributed by atoms with Crippen LogP contribution in [0.15, 0.2) is 47.4 Å². The number of hydrogen-bond donors (Lipinski definition) is 1. The van der Waals surface area contributed by atoms with Crippen molar-refractivity contribution in [1.29, 1.82) is 0 Å². The summed E-state index contributed by atoms with van der Waals surface area (Å²) in [6.07, 6.45) is 4.58. The van der Waals surface area contributed by atoms with Crippen LogP contribution < -0.4 is 9.62 Å². The quantitative estimate of drug-likeness (QED) is 0.880. The maximum atomic E-state index is 12.6. The number of carbonyl (C=O) groups is 1. The predicted octanol–water partition coefficient (Wildman–Crippen LogP) is 2.78. The Bertz CT molecular complexity index is 936. The number of rotatable bonds is 5. The molecule has 26 heavy (non-hydrogen) atoms. The second kappa shape index (κ2) is 6.85. The van der Waals surface area contributed by atoms with Crippen LogP contribution in [-0.2, 0) is 34.2 Å². The molecule has 2 aliphatic rings. The molecule has 2 aromatic rings. The van der Waals surface area contributed by atoms with Gasteiger partial charge in [-0.25, -0.2) is 13.1 Å². The molecule has 0 spiro atoms. The van der Waals surface area contributed by atoms with Crippen LogP contribution in [0.5, 0.6) is 0 Å². The van der Waals surface area contributed by atoms with Gasteiger partial charge in [0.05, 0.1) is 4.90 Å². The Kier molecular flexibility index (Phi) is 4.54. The summed E-state index contributed by atoms with van der Waals surface area (Å²) in [6.45, 7) is 0.983. The van der Waals surface area contributed by atoms with Crippen molar-refractivity contribution < 1.29 is 13.2 Å². The zero-order valence-corrected chi connectivity index (χ0v) is 15.4. The second-order valence-corrected chi connectivity index (χ2v) is 8.69. The van der Waals surface area contributed by atoms with E-state index in [2.05, 4.69) is 4.72 Å². The molecule has 1 fully saturated rings. The van der Waals surface area contributed by atoms with E-state index in [9.17, 15) is 13.2 Å². The first kappa shape index (κ1) is 17.2. The normalized spacial score (nSPS) is 16.9. The molecule has 1 aliphatic heterocycles. The lowest BCUT2D eigenvalue weighted by Gasteiger charge is -2.16. The number of anilines is 1. The number of amides is 1. The van der Waals surface area contributed by atoms with Crippen molar-refractivity contribution in [2.24, 2.45) is 0 Å². The molecule has 1 N–H and O–H groups in total. The molecule has 136 valence electrons. The highest BCUT2D eigenvalue weighted by molar-refractivity contribution is 7.89. The number of nitrogens with zero attached hydrogens (tertiary/aromatic N) is 1. The van der Waals surface area contributed by atoms with Crippen LogP contribution in [0.2, 0.25) is 0 Å². The summed E-state index contributed by atoms with van der Waals surface area (Å²) in [5.74, 6) is 0.148.